The van der Waals surface area contributed by atoms with Gasteiger partial charge in [-0.1, -0.05) is 12.1 Å². The summed E-state index contributed by atoms with van der Waals surface area (Å²) in [6.45, 7) is 2.53. The van der Waals surface area contributed by atoms with E-state index in [0.29, 0.717) is 6.61 Å². The zero-order valence-electron chi connectivity index (χ0n) is 11.5. The minimum atomic E-state index is -0.149. The molecule has 20 heavy (non-hydrogen) atoms. The maximum absolute atomic E-state index is 6.07. The molecule has 2 aromatic rings. The number of thiophene rings is 1. The predicted molar refractivity (Wildman–Crippen MR) is 86.2 cm³/mol. The summed E-state index contributed by atoms with van der Waals surface area (Å²) < 4.78 is 12.3. The molecule has 0 aliphatic rings. The van der Waals surface area contributed by atoms with Gasteiger partial charge in [-0.15, -0.1) is 11.3 Å². The number of halogens is 1. The summed E-state index contributed by atoms with van der Waals surface area (Å²) in [5.41, 5.74) is 7.15. The van der Waals surface area contributed by atoms with Gasteiger partial charge in [-0.2, -0.15) is 0 Å². The average Bonchev–Trinajstić information content (AvgIpc) is 2.83. The van der Waals surface area contributed by atoms with Crippen LogP contribution in [0, 0.1) is 0 Å². The van der Waals surface area contributed by atoms with Crippen LogP contribution in [-0.4, -0.2) is 13.2 Å². The Kier molecular flexibility index (Phi) is 5.60. The van der Waals surface area contributed by atoms with Crippen molar-refractivity contribution in [2.45, 2.75) is 25.7 Å². The fraction of sp³-hybridized carbons (Fsp3) is 0.333. The number of hydrogen-bond donors (Lipinski definition) is 1. The largest absolute Gasteiger partial charge is 0.483 e. The second-order valence-corrected chi connectivity index (χ2v) is 6.50. The lowest BCUT2D eigenvalue weighted by Gasteiger charge is -2.21. The van der Waals surface area contributed by atoms with Crippen LogP contribution in [0.4, 0.5) is 0 Å². The standard InChI is InChI=1S/C15H18BrNO2S/c1-10(17)15(14-7-12(16)9-20-14)19-13-5-3-4-11(6-13)8-18-2/h3-7,9-10,15H,8,17H2,1-2H3. The smallest absolute Gasteiger partial charge is 0.148 e. The summed E-state index contributed by atoms with van der Waals surface area (Å²) in [5.74, 6) is 0.811. The van der Waals surface area contributed by atoms with E-state index in [4.69, 9.17) is 15.2 Å². The van der Waals surface area contributed by atoms with Gasteiger partial charge in [0.05, 0.1) is 6.61 Å². The summed E-state index contributed by atoms with van der Waals surface area (Å²) in [6, 6.07) is 9.87. The van der Waals surface area contributed by atoms with Gasteiger partial charge in [0, 0.05) is 27.9 Å². The van der Waals surface area contributed by atoms with Crippen LogP contribution in [0.5, 0.6) is 5.75 Å². The van der Waals surface area contributed by atoms with Crippen LogP contribution in [0.15, 0.2) is 40.2 Å². The number of methoxy groups -OCH3 is 1. The number of nitrogens with two attached hydrogens (primary N) is 1. The highest BCUT2D eigenvalue weighted by atomic mass is 79.9. The van der Waals surface area contributed by atoms with Crippen LogP contribution in [0.1, 0.15) is 23.5 Å². The fourth-order valence-electron chi connectivity index (χ4n) is 1.92. The van der Waals surface area contributed by atoms with Crippen molar-refractivity contribution in [3.63, 3.8) is 0 Å². The number of rotatable bonds is 6. The number of benzene rings is 1. The zero-order valence-corrected chi connectivity index (χ0v) is 13.9. The quantitative estimate of drug-likeness (QED) is 0.847. The lowest BCUT2D eigenvalue weighted by Crippen LogP contribution is -2.28. The molecule has 0 saturated carbocycles. The summed E-state index contributed by atoms with van der Waals surface area (Å²) in [4.78, 5) is 1.11. The van der Waals surface area contributed by atoms with E-state index in [1.807, 2.05) is 36.6 Å². The number of ether oxygens (including phenoxy) is 2. The van der Waals surface area contributed by atoms with E-state index in [9.17, 15) is 0 Å². The van der Waals surface area contributed by atoms with Gasteiger partial charge in [-0.25, -0.2) is 0 Å². The van der Waals surface area contributed by atoms with Crippen LogP contribution in [0.2, 0.25) is 0 Å². The highest BCUT2D eigenvalue weighted by Crippen LogP contribution is 2.31. The molecule has 0 radical (unpaired) electrons. The highest BCUT2D eigenvalue weighted by molar-refractivity contribution is 9.10. The van der Waals surface area contributed by atoms with Gasteiger partial charge in [0.1, 0.15) is 11.9 Å². The normalized spacial score (nSPS) is 14.0. The molecule has 1 aromatic heterocycles. The molecular formula is C15H18BrNO2S. The molecule has 2 rings (SSSR count). The molecule has 0 fully saturated rings. The third-order valence-corrected chi connectivity index (χ3v) is 4.57. The molecule has 3 nitrogen and oxygen atoms in total. The molecule has 0 saturated heterocycles. The molecule has 0 bridgehead atoms. The first-order valence-electron chi connectivity index (χ1n) is 6.34. The predicted octanol–water partition coefficient (Wildman–Crippen LogP) is 4.12. The van der Waals surface area contributed by atoms with E-state index in [1.54, 1.807) is 18.4 Å². The summed E-state index contributed by atoms with van der Waals surface area (Å²) >= 11 is 5.11. The van der Waals surface area contributed by atoms with E-state index in [2.05, 4.69) is 22.0 Å². The monoisotopic (exact) mass is 355 g/mol. The minimum Gasteiger partial charge on any atom is -0.483 e. The van der Waals surface area contributed by atoms with E-state index in [1.165, 1.54) is 0 Å². The minimum absolute atomic E-state index is 0.0911. The van der Waals surface area contributed by atoms with Gasteiger partial charge >= 0.3 is 0 Å². The topological polar surface area (TPSA) is 44.5 Å². The van der Waals surface area contributed by atoms with Gasteiger partial charge in [-0.3, -0.25) is 0 Å². The van der Waals surface area contributed by atoms with E-state index < -0.39 is 0 Å². The van der Waals surface area contributed by atoms with Gasteiger partial charge in [-0.05, 0) is 46.6 Å². The molecule has 2 unspecified atom stereocenters. The fourth-order valence-corrected chi connectivity index (χ4v) is 3.51. The maximum atomic E-state index is 6.07. The highest BCUT2D eigenvalue weighted by Gasteiger charge is 2.20. The second-order valence-electron chi connectivity index (χ2n) is 4.65. The SMILES string of the molecule is COCc1cccc(OC(c2cc(Br)cs2)C(C)N)c1. The second kappa shape index (κ2) is 7.22. The first kappa shape index (κ1) is 15.5. The van der Waals surface area contributed by atoms with E-state index >= 15 is 0 Å². The zero-order chi connectivity index (χ0) is 14.5. The first-order valence-corrected chi connectivity index (χ1v) is 8.01. The average molecular weight is 356 g/mol. The van der Waals surface area contributed by atoms with Crippen molar-refractivity contribution >= 4 is 27.3 Å². The molecule has 0 amide bonds. The van der Waals surface area contributed by atoms with Crippen molar-refractivity contribution < 1.29 is 9.47 Å². The first-order chi connectivity index (χ1) is 9.60. The molecule has 2 N–H and O–H groups in total. The van der Waals surface area contributed by atoms with Crippen LogP contribution in [0.3, 0.4) is 0 Å². The van der Waals surface area contributed by atoms with Gasteiger partial charge in [0.2, 0.25) is 0 Å². The molecular weight excluding hydrogens is 338 g/mol. The lowest BCUT2D eigenvalue weighted by atomic mass is 10.1. The summed E-state index contributed by atoms with van der Waals surface area (Å²) in [6.07, 6.45) is -0.149. The molecule has 2 atom stereocenters. The van der Waals surface area contributed by atoms with Crippen molar-refractivity contribution in [2.75, 3.05) is 7.11 Å². The summed E-state index contributed by atoms with van der Waals surface area (Å²) in [5, 5.41) is 2.04. The summed E-state index contributed by atoms with van der Waals surface area (Å²) in [7, 11) is 1.68. The van der Waals surface area contributed by atoms with Crippen LogP contribution < -0.4 is 10.5 Å². The molecule has 0 spiro atoms. The molecule has 0 aliphatic carbocycles. The third kappa shape index (κ3) is 4.06. The maximum Gasteiger partial charge on any atom is 0.148 e. The Morgan fingerprint density at radius 1 is 1.35 bits per heavy atom. The van der Waals surface area contributed by atoms with Crippen molar-refractivity contribution in [1.82, 2.24) is 0 Å². The Morgan fingerprint density at radius 3 is 2.75 bits per heavy atom. The van der Waals surface area contributed by atoms with Gasteiger partial charge in [0.25, 0.3) is 0 Å². The Labute approximate surface area is 131 Å². The Bertz CT molecular complexity index is 556. The van der Waals surface area contributed by atoms with Crippen LogP contribution in [-0.2, 0) is 11.3 Å². The van der Waals surface area contributed by atoms with Crippen LogP contribution in [0.25, 0.3) is 0 Å². The Hall–Kier alpha value is -0.880. The Balaban J connectivity index is 2.18. The molecule has 1 aromatic carbocycles. The molecule has 5 heteroatoms. The van der Waals surface area contributed by atoms with Crippen molar-refractivity contribution in [3.8, 4) is 5.75 Å². The van der Waals surface area contributed by atoms with E-state index in [0.717, 1.165) is 20.7 Å². The van der Waals surface area contributed by atoms with Crippen molar-refractivity contribution in [1.29, 1.82) is 0 Å². The number of hydrogen-bond acceptors (Lipinski definition) is 4. The lowest BCUT2D eigenvalue weighted by molar-refractivity contribution is 0.177. The molecule has 108 valence electrons. The van der Waals surface area contributed by atoms with Crippen molar-refractivity contribution in [2.24, 2.45) is 5.73 Å². The molecule has 1 heterocycles. The van der Waals surface area contributed by atoms with Gasteiger partial charge in [0.15, 0.2) is 0 Å². The van der Waals surface area contributed by atoms with E-state index in [-0.39, 0.29) is 12.1 Å². The van der Waals surface area contributed by atoms with Crippen LogP contribution >= 0.6 is 27.3 Å². The van der Waals surface area contributed by atoms with Gasteiger partial charge < -0.3 is 15.2 Å². The van der Waals surface area contributed by atoms with Crippen molar-refractivity contribution in [3.05, 3.63) is 50.6 Å². The molecule has 0 aliphatic heterocycles. The third-order valence-electron chi connectivity index (χ3n) is 2.82. The Morgan fingerprint density at radius 2 is 2.15 bits per heavy atom.